The van der Waals surface area contributed by atoms with Crippen LogP contribution in [-0.4, -0.2) is 42.9 Å². The molecule has 8 nitrogen and oxygen atoms in total. The minimum atomic E-state index is -4.61. The van der Waals surface area contributed by atoms with E-state index in [-0.39, 0.29) is 11.5 Å². The fraction of sp³-hybridized carbons (Fsp3) is 0.250. The van der Waals surface area contributed by atoms with Crippen molar-refractivity contribution in [2.24, 2.45) is 0 Å². The predicted octanol–water partition coefficient (Wildman–Crippen LogP) is 1.46. The number of halogens is 3. The summed E-state index contributed by atoms with van der Waals surface area (Å²) in [6, 6.07) is 4.63. The number of anilines is 2. The quantitative estimate of drug-likeness (QED) is 0.686. The van der Waals surface area contributed by atoms with Gasteiger partial charge in [-0.05, 0) is 18.2 Å². The number of fused-ring (bicyclic) bond motifs is 1. The number of alkyl halides is 3. The second-order valence-corrected chi connectivity index (χ2v) is 4.44. The number of rotatable bonds is 5. The van der Waals surface area contributed by atoms with Crippen molar-refractivity contribution in [3.63, 3.8) is 0 Å². The lowest BCUT2D eigenvalue weighted by Crippen LogP contribution is -2.17. The highest BCUT2D eigenvalue weighted by molar-refractivity contribution is 5.44. The molecule has 0 atom stereocenters. The van der Waals surface area contributed by atoms with Crippen molar-refractivity contribution < 1.29 is 13.2 Å². The second kappa shape index (κ2) is 6.02. The van der Waals surface area contributed by atoms with E-state index in [0.717, 1.165) is 0 Å². The van der Waals surface area contributed by atoms with Crippen LogP contribution in [0.5, 0.6) is 0 Å². The third-order valence-electron chi connectivity index (χ3n) is 2.80. The normalized spacial score (nSPS) is 11.6. The monoisotopic (exact) mass is 324 g/mol. The molecular formula is C12H11F3N8. The number of hydrogen-bond donors (Lipinski definition) is 2. The highest BCUT2D eigenvalue weighted by atomic mass is 19.4. The molecule has 2 N–H and O–H groups in total. The molecule has 0 fully saturated rings. The van der Waals surface area contributed by atoms with E-state index >= 15 is 0 Å². The summed E-state index contributed by atoms with van der Waals surface area (Å²) in [4.78, 5) is 7.97. The summed E-state index contributed by atoms with van der Waals surface area (Å²) >= 11 is 0. The summed E-state index contributed by atoms with van der Waals surface area (Å²) in [6.45, 7) is 0.887. The van der Waals surface area contributed by atoms with E-state index in [2.05, 4.69) is 35.9 Å². The number of hydrogen-bond acceptors (Lipinski definition) is 7. The van der Waals surface area contributed by atoms with Gasteiger partial charge in [-0.2, -0.15) is 17.7 Å². The van der Waals surface area contributed by atoms with Crippen LogP contribution >= 0.6 is 0 Å². The molecule has 120 valence electrons. The molecule has 0 spiro atoms. The third-order valence-corrected chi connectivity index (χ3v) is 2.80. The van der Waals surface area contributed by atoms with Crippen molar-refractivity contribution in [3.05, 3.63) is 36.4 Å². The Morgan fingerprint density at radius 3 is 2.48 bits per heavy atom. The van der Waals surface area contributed by atoms with E-state index in [4.69, 9.17) is 0 Å². The minimum Gasteiger partial charge on any atom is -0.367 e. The van der Waals surface area contributed by atoms with Crippen LogP contribution in [0.15, 0.2) is 30.6 Å². The molecule has 0 unspecified atom stereocenters. The van der Waals surface area contributed by atoms with Gasteiger partial charge in [0.15, 0.2) is 5.65 Å². The molecule has 0 radical (unpaired) electrons. The zero-order valence-electron chi connectivity index (χ0n) is 11.6. The Morgan fingerprint density at radius 1 is 1.00 bits per heavy atom. The maximum Gasteiger partial charge on any atom is 0.453 e. The summed E-state index contributed by atoms with van der Waals surface area (Å²) < 4.78 is 39.0. The largest absolute Gasteiger partial charge is 0.453 e. The first-order chi connectivity index (χ1) is 11.0. The van der Waals surface area contributed by atoms with Crippen molar-refractivity contribution in [2.45, 2.75) is 6.18 Å². The van der Waals surface area contributed by atoms with E-state index in [1.807, 2.05) is 0 Å². The predicted molar refractivity (Wildman–Crippen MR) is 74.8 cm³/mol. The van der Waals surface area contributed by atoms with Gasteiger partial charge in [0.2, 0.25) is 5.95 Å². The summed E-state index contributed by atoms with van der Waals surface area (Å²) in [6.07, 6.45) is -1.41. The van der Waals surface area contributed by atoms with Gasteiger partial charge < -0.3 is 10.6 Å². The minimum absolute atomic E-state index is 0.0266. The van der Waals surface area contributed by atoms with Crippen LogP contribution in [0.2, 0.25) is 0 Å². The highest BCUT2D eigenvalue weighted by Gasteiger charge is 2.37. The van der Waals surface area contributed by atoms with Crippen LogP contribution in [0.25, 0.3) is 5.65 Å². The summed E-state index contributed by atoms with van der Waals surface area (Å²) in [7, 11) is 0. The molecule has 0 saturated carbocycles. The maximum absolute atomic E-state index is 12.8. The van der Waals surface area contributed by atoms with Crippen molar-refractivity contribution in [2.75, 3.05) is 23.7 Å². The smallest absolute Gasteiger partial charge is 0.367 e. The first-order valence-electron chi connectivity index (χ1n) is 6.58. The fourth-order valence-corrected chi connectivity index (χ4v) is 1.82. The topological polar surface area (TPSA) is 92.9 Å². The van der Waals surface area contributed by atoms with Gasteiger partial charge >= 0.3 is 6.18 Å². The maximum atomic E-state index is 12.8. The van der Waals surface area contributed by atoms with Crippen LogP contribution in [0.4, 0.5) is 24.9 Å². The molecule has 11 heteroatoms. The van der Waals surface area contributed by atoms with Gasteiger partial charge in [-0.1, -0.05) is 0 Å². The molecule has 0 aliphatic heterocycles. The SMILES string of the molecule is FC(F)(F)c1nnc2ccc(NCCNc3ncccn3)nn12. The highest BCUT2D eigenvalue weighted by Crippen LogP contribution is 2.27. The van der Waals surface area contributed by atoms with Crippen LogP contribution in [0.1, 0.15) is 5.82 Å². The Labute approximate surface area is 127 Å². The number of nitrogens with one attached hydrogen (secondary N) is 2. The van der Waals surface area contributed by atoms with E-state index in [0.29, 0.717) is 23.6 Å². The Morgan fingerprint density at radius 2 is 1.74 bits per heavy atom. The van der Waals surface area contributed by atoms with Crippen molar-refractivity contribution in [1.29, 1.82) is 0 Å². The average Bonchev–Trinajstić information content (AvgIpc) is 2.96. The Bertz CT molecular complexity index is 786. The number of nitrogens with zero attached hydrogens (tertiary/aromatic N) is 6. The standard InChI is InChI=1S/C12H11F3N8/c13-12(14,15)10-21-20-9-3-2-8(22-23(9)10)16-6-7-19-11-17-4-1-5-18-11/h1-5H,6-7H2,(H,16,22)(H,17,18,19). The van der Waals surface area contributed by atoms with Crippen LogP contribution < -0.4 is 10.6 Å². The first kappa shape index (κ1) is 14.9. The molecule has 0 bridgehead atoms. The molecule has 0 aliphatic rings. The van der Waals surface area contributed by atoms with Crippen molar-refractivity contribution >= 4 is 17.4 Å². The molecule has 0 amide bonds. The molecule has 3 heterocycles. The van der Waals surface area contributed by atoms with Crippen LogP contribution in [0.3, 0.4) is 0 Å². The lowest BCUT2D eigenvalue weighted by molar-refractivity contribution is -0.146. The molecular weight excluding hydrogens is 313 g/mol. The van der Waals surface area contributed by atoms with Gasteiger partial charge in [0.1, 0.15) is 5.82 Å². The van der Waals surface area contributed by atoms with E-state index in [1.54, 1.807) is 18.5 Å². The zero-order valence-corrected chi connectivity index (χ0v) is 11.6. The van der Waals surface area contributed by atoms with Gasteiger partial charge in [0.05, 0.1) is 0 Å². The molecule has 3 aromatic rings. The molecule has 3 rings (SSSR count). The molecule has 0 saturated heterocycles. The first-order valence-corrected chi connectivity index (χ1v) is 6.58. The van der Waals surface area contributed by atoms with Gasteiger partial charge in [-0.15, -0.1) is 15.3 Å². The Kier molecular flexibility index (Phi) is 3.91. The Balaban J connectivity index is 1.64. The molecule has 0 aliphatic carbocycles. The lowest BCUT2D eigenvalue weighted by Gasteiger charge is -2.08. The lowest BCUT2D eigenvalue weighted by atomic mass is 10.5. The second-order valence-electron chi connectivity index (χ2n) is 4.44. The third kappa shape index (κ3) is 3.44. The van der Waals surface area contributed by atoms with Crippen LogP contribution in [0, 0.1) is 0 Å². The van der Waals surface area contributed by atoms with Crippen LogP contribution in [-0.2, 0) is 6.18 Å². The fourth-order valence-electron chi connectivity index (χ4n) is 1.82. The van der Waals surface area contributed by atoms with Crippen molar-refractivity contribution in [1.82, 2.24) is 29.8 Å². The van der Waals surface area contributed by atoms with E-state index in [9.17, 15) is 13.2 Å². The van der Waals surface area contributed by atoms with E-state index < -0.39 is 12.0 Å². The zero-order chi connectivity index (χ0) is 16.3. The van der Waals surface area contributed by atoms with Crippen molar-refractivity contribution in [3.8, 4) is 0 Å². The van der Waals surface area contributed by atoms with Gasteiger partial charge in [0.25, 0.3) is 5.82 Å². The Hall–Kier alpha value is -2.98. The summed E-state index contributed by atoms with van der Waals surface area (Å²) in [5.74, 6) is -0.415. The molecule has 0 aromatic carbocycles. The van der Waals surface area contributed by atoms with Gasteiger partial charge in [0, 0.05) is 25.5 Å². The van der Waals surface area contributed by atoms with Gasteiger partial charge in [-0.3, -0.25) is 0 Å². The average molecular weight is 324 g/mol. The number of aromatic nitrogens is 6. The van der Waals surface area contributed by atoms with Gasteiger partial charge in [-0.25, -0.2) is 9.97 Å². The van der Waals surface area contributed by atoms with E-state index in [1.165, 1.54) is 12.1 Å². The summed E-state index contributed by atoms with van der Waals surface area (Å²) in [5, 5.41) is 16.3. The molecule has 23 heavy (non-hydrogen) atoms. The summed E-state index contributed by atoms with van der Waals surface area (Å²) in [5.41, 5.74) is 0.0266. The molecule has 3 aromatic heterocycles.